The molecule has 0 saturated carbocycles. The summed E-state index contributed by atoms with van der Waals surface area (Å²) in [5.41, 5.74) is -1.34. The van der Waals surface area contributed by atoms with E-state index in [-0.39, 0.29) is 13.0 Å². The van der Waals surface area contributed by atoms with E-state index >= 15 is 0 Å². The molecule has 0 aliphatic carbocycles. The number of carbonyl (C=O) groups is 3. The van der Waals surface area contributed by atoms with Gasteiger partial charge < -0.3 is 40.1 Å². The molecule has 0 bridgehead atoms. The summed E-state index contributed by atoms with van der Waals surface area (Å²) in [7, 11) is 0. The van der Waals surface area contributed by atoms with Crippen LogP contribution in [-0.2, 0) is 36.9 Å². The minimum absolute atomic E-state index is 0.194. The SMILES string of the molecule is O=C(CC(O)(Cc1ccccc1)C(=O)OCc1ccccc1)OC(=O)[C@H](O)[C@@H](O)[C@H](O)[C@H](O)CO. The maximum absolute atomic E-state index is 12.8. The molecule has 0 amide bonds. The van der Waals surface area contributed by atoms with Gasteiger partial charge >= 0.3 is 17.9 Å². The number of carbonyl (C=O) groups excluding carboxylic acids is 3. The molecule has 0 spiro atoms. The first-order chi connectivity index (χ1) is 16.6. The van der Waals surface area contributed by atoms with Crippen molar-refractivity contribution in [1.82, 2.24) is 0 Å². The van der Waals surface area contributed by atoms with E-state index in [1.807, 2.05) is 0 Å². The van der Waals surface area contributed by atoms with Crippen LogP contribution in [0.2, 0.25) is 0 Å². The van der Waals surface area contributed by atoms with Gasteiger partial charge in [-0.25, -0.2) is 9.59 Å². The minimum atomic E-state index is -2.47. The average Bonchev–Trinajstić information content (AvgIpc) is 2.86. The van der Waals surface area contributed by atoms with Crippen molar-refractivity contribution in [2.75, 3.05) is 6.61 Å². The van der Waals surface area contributed by atoms with Crippen LogP contribution in [-0.4, -0.2) is 85.2 Å². The summed E-state index contributed by atoms with van der Waals surface area (Å²) < 4.78 is 9.60. The Bertz CT molecular complexity index is 966. The molecular weight excluding hydrogens is 464 g/mol. The molecule has 0 radical (unpaired) electrons. The lowest BCUT2D eigenvalue weighted by atomic mass is 9.91. The summed E-state index contributed by atoms with van der Waals surface area (Å²) in [6.07, 6.45) is -10.2. The standard InChI is InChI=1S/C24H28O11/c25-13-17(26)19(28)20(29)21(30)22(31)35-18(27)12-24(33,11-15-7-3-1-4-8-15)23(32)34-14-16-9-5-2-6-10-16/h1-10,17,19-21,25-26,28-30,33H,11-14H2/t17-,19-,20+,21-,24?/m1/s1. The highest BCUT2D eigenvalue weighted by molar-refractivity contribution is 5.92. The van der Waals surface area contributed by atoms with Gasteiger partial charge in [0.2, 0.25) is 0 Å². The Kier molecular flexibility index (Phi) is 10.5. The highest BCUT2D eigenvalue weighted by Gasteiger charge is 2.42. The van der Waals surface area contributed by atoms with Crippen molar-refractivity contribution in [2.24, 2.45) is 0 Å². The highest BCUT2D eigenvalue weighted by Crippen LogP contribution is 2.22. The normalized spacial score (nSPS) is 16.3. The number of hydrogen-bond donors (Lipinski definition) is 6. The van der Waals surface area contributed by atoms with Gasteiger partial charge in [-0.2, -0.15) is 0 Å². The second-order valence-electron chi connectivity index (χ2n) is 7.90. The third-order valence-electron chi connectivity index (χ3n) is 5.08. The zero-order valence-electron chi connectivity index (χ0n) is 18.6. The summed E-state index contributed by atoms with van der Waals surface area (Å²) >= 11 is 0. The van der Waals surface area contributed by atoms with Gasteiger partial charge in [0.15, 0.2) is 11.7 Å². The van der Waals surface area contributed by atoms with Crippen LogP contribution < -0.4 is 0 Å². The van der Waals surface area contributed by atoms with E-state index in [2.05, 4.69) is 4.74 Å². The van der Waals surface area contributed by atoms with E-state index in [9.17, 15) is 39.9 Å². The molecule has 11 nitrogen and oxygen atoms in total. The predicted molar refractivity (Wildman–Crippen MR) is 118 cm³/mol. The van der Waals surface area contributed by atoms with E-state index in [0.29, 0.717) is 11.1 Å². The Morgan fingerprint density at radius 1 is 0.829 bits per heavy atom. The molecule has 6 N–H and O–H groups in total. The molecule has 0 aromatic heterocycles. The van der Waals surface area contributed by atoms with Gasteiger partial charge in [0, 0.05) is 6.42 Å². The third kappa shape index (κ3) is 8.21. The molecular formula is C24H28O11. The molecule has 35 heavy (non-hydrogen) atoms. The van der Waals surface area contributed by atoms with Crippen molar-refractivity contribution < 1.29 is 54.5 Å². The molecule has 11 heteroatoms. The van der Waals surface area contributed by atoms with Gasteiger partial charge in [-0.1, -0.05) is 60.7 Å². The fraction of sp³-hybridized carbons (Fsp3) is 0.375. The second-order valence-corrected chi connectivity index (χ2v) is 7.90. The van der Waals surface area contributed by atoms with Crippen LogP contribution >= 0.6 is 0 Å². The van der Waals surface area contributed by atoms with Crippen LogP contribution in [0.25, 0.3) is 0 Å². The summed E-state index contributed by atoms with van der Waals surface area (Å²) in [4.78, 5) is 37.2. The number of rotatable bonds is 12. The van der Waals surface area contributed by atoms with Gasteiger partial charge in [-0.15, -0.1) is 0 Å². The summed E-state index contributed by atoms with van der Waals surface area (Å²) in [5.74, 6) is -4.28. The van der Waals surface area contributed by atoms with Crippen LogP contribution in [0.4, 0.5) is 0 Å². The zero-order chi connectivity index (χ0) is 26.0. The van der Waals surface area contributed by atoms with Crippen molar-refractivity contribution in [2.45, 2.75) is 49.5 Å². The number of esters is 3. The number of aliphatic hydroxyl groups excluding tert-OH is 5. The zero-order valence-corrected chi connectivity index (χ0v) is 18.6. The molecule has 2 rings (SSSR count). The maximum Gasteiger partial charge on any atom is 0.345 e. The lowest BCUT2D eigenvalue weighted by Gasteiger charge is -2.26. The van der Waals surface area contributed by atoms with E-state index < -0.39 is 61.0 Å². The molecule has 1 unspecified atom stereocenters. The van der Waals surface area contributed by atoms with Crippen molar-refractivity contribution >= 4 is 17.9 Å². The van der Waals surface area contributed by atoms with Crippen molar-refractivity contribution in [3.63, 3.8) is 0 Å². The quantitative estimate of drug-likeness (QED) is 0.151. The average molecular weight is 492 g/mol. The molecule has 2 aromatic carbocycles. The number of aliphatic hydroxyl groups is 6. The molecule has 0 aliphatic heterocycles. The summed E-state index contributed by atoms with van der Waals surface area (Å²) in [5, 5.41) is 58.3. The Labute approximate surface area is 200 Å². The number of ether oxygens (including phenoxy) is 2. The molecule has 190 valence electrons. The monoisotopic (exact) mass is 492 g/mol. The second kappa shape index (κ2) is 13.0. The first kappa shape index (κ1) is 28.1. The lowest BCUT2D eigenvalue weighted by Crippen LogP contribution is -2.50. The van der Waals surface area contributed by atoms with E-state index in [1.165, 1.54) is 0 Å². The molecule has 0 aliphatic rings. The fourth-order valence-electron chi connectivity index (χ4n) is 3.11. The van der Waals surface area contributed by atoms with Gasteiger partial charge in [-0.3, -0.25) is 4.79 Å². The Balaban J connectivity index is 2.10. The molecule has 0 saturated heterocycles. The van der Waals surface area contributed by atoms with Crippen LogP contribution in [0, 0.1) is 0 Å². The van der Waals surface area contributed by atoms with Gasteiger partial charge in [0.05, 0.1) is 13.0 Å². The van der Waals surface area contributed by atoms with Crippen LogP contribution in [0.15, 0.2) is 60.7 Å². The number of benzene rings is 2. The Morgan fingerprint density at radius 3 is 1.91 bits per heavy atom. The van der Waals surface area contributed by atoms with E-state index in [4.69, 9.17) is 9.84 Å². The van der Waals surface area contributed by atoms with Gasteiger partial charge in [0.25, 0.3) is 0 Å². The van der Waals surface area contributed by atoms with E-state index in [0.717, 1.165) is 0 Å². The fourth-order valence-corrected chi connectivity index (χ4v) is 3.11. The molecule has 2 aromatic rings. The Hall–Kier alpha value is -3.19. The predicted octanol–water partition coefficient (Wildman–Crippen LogP) is -1.40. The van der Waals surface area contributed by atoms with Crippen LogP contribution in [0.3, 0.4) is 0 Å². The van der Waals surface area contributed by atoms with E-state index in [1.54, 1.807) is 60.7 Å². The minimum Gasteiger partial charge on any atom is -0.459 e. The summed E-state index contributed by atoms with van der Waals surface area (Å²) in [6.45, 7) is -1.17. The van der Waals surface area contributed by atoms with Gasteiger partial charge in [-0.05, 0) is 11.1 Å². The van der Waals surface area contributed by atoms with Crippen LogP contribution in [0.1, 0.15) is 17.5 Å². The molecule has 0 heterocycles. The first-order valence-electron chi connectivity index (χ1n) is 10.6. The highest BCUT2D eigenvalue weighted by atomic mass is 16.6. The third-order valence-corrected chi connectivity index (χ3v) is 5.08. The number of hydrogen-bond acceptors (Lipinski definition) is 11. The maximum atomic E-state index is 12.8. The first-order valence-corrected chi connectivity index (χ1v) is 10.6. The molecule has 0 fully saturated rings. The molecule has 5 atom stereocenters. The smallest absolute Gasteiger partial charge is 0.345 e. The van der Waals surface area contributed by atoms with Crippen molar-refractivity contribution in [1.29, 1.82) is 0 Å². The van der Waals surface area contributed by atoms with Crippen LogP contribution in [0.5, 0.6) is 0 Å². The van der Waals surface area contributed by atoms with Crippen molar-refractivity contribution in [3.05, 3.63) is 71.8 Å². The Morgan fingerprint density at radius 2 is 1.37 bits per heavy atom. The lowest BCUT2D eigenvalue weighted by molar-refractivity contribution is -0.183. The largest absolute Gasteiger partial charge is 0.459 e. The van der Waals surface area contributed by atoms with Crippen molar-refractivity contribution in [3.8, 4) is 0 Å². The van der Waals surface area contributed by atoms with Gasteiger partial charge in [0.1, 0.15) is 24.9 Å². The topological polar surface area (TPSA) is 191 Å². The summed E-state index contributed by atoms with van der Waals surface area (Å²) in [6, 6.07) is 16.8.